The number of nitrogens with one attached hydrogen (secondary N) is 1. The van der Waals surface area contributed by atoms with E-state index in [4.69, 9.17) is 0 Å². The van der Waals surface area contributed by atoms with E-state index in [1.54, 1.807) is 0 Å². The van der Waals surface area contributed by atoms with Gasteiger partial charge >= 0.3 is 0 Å². The van der Waals surface area contributed by atoms with Crippen molar-refractivity contribution in [2.24, 2.45) is 0 Å². The zero-order chi connectivity index (χ0) is 21.4. The maximum absolute atomic E-state index is 13.2. The second kappa shape index (κ2) is 15.6. The number of carbonyl (C=O) groups is 1. The fourth-order valence-electron chi connectivity index (χ4n) is 4.15. The molecule has 0 fully saturated rings. The number of hydrogen-bond acceptors (Lipinski definition) is 2. The number of likely N-dealkylation sites (N-methyl/N-ethyl adjacent to an activating group) is 1. The Bertz CT molecular complexity index is 527. The molecule has 0 radical (unpaired) electrons. The number of nitrogens with zero attached hydrogens (tertiary/aromatic N) is 1. The van der Waals surface area contributed by atoms with E-state index in [0.717, 1.165) is 24.9 Å². The molecular formula is C26H47N2O+. The van der Waals surface area contributed by atoms with Gasteiger partial charge in [-0.1, -0.05) is 108 Å². The first-order chi connectivity index (χ1) is 14.0. The molecule has 0 saturated carbocycles. The zero-order valence-electron chi connectivity index (χ0n) is 19.7. The van der Waals surface area contributed by atoms with Crippen LogP contribution in [0, 0.1) is 0 Å². The Balaban J connectivity index is 2.36. The molecule has 0 saturated heterocycles. The molecule has 1 rings (SSSR count). The first-order valence-electron chi connectivity index (χ1n) is 12.2. The Morgan fingerprint density at radius 1 is 0.793 bits per heavy atom. The van der Waals surface area contributed by atoms with E-state index in [1.165, 1.54) is 64.2 Å². The summed E-state index contributed by atoms with van der Waals surface area (Å²) in [6.45, 7) is 5.36. The lowest BCUT2D eigenvalue weighted by Gasteiger charge is -2.37. The minimum atomic E-state index is -0.133. The molecule has 0 spiro atoms. The molecule has 1 aromatic rings. The molecule has 0 amide bonds. The van der Waals surface area contributed by atoms with Crippen LogP contribution in [0.3, 0.4) is 0 Å². The molecular weight excluding hydrogens is 356 g/mol. The fourth-order valence-corrected chi connectivity index (χ4v) is 4.15. The number of hydrogen-bond donors (Lipinski definition) is 1. The van der Waals surface area contributed by atoms with Crippen LogP contribution in [0.4, 0.5) is 0 Å². The van der Waals surface area contributed by atoms with Gasteiger partial charge in [-0.2, -0.15) is 5.43 Å². The van der Waals surface area contributed by atoms with Gasteiger partial charge in [-0.25, -0.2) is 4.59 Å². The molecule has 166 valence electrons. The largest absolute Gasteiger partial charge is 0.293 e. The standard InChI is InChI=1S/C26H47N2O/c1-5-7-8-9-10-11-12-13-14-15-19-22-25(29)26(24-20-17-16-18-21-24)28(3,4)27-23-6-2/h16-18,20-21,26-27H,5-15,19,22-23H2,1-4H3/q+1. The minimum absolute atomic E-state index is 0.133. The van der Waals surface area contributed by atoms with E-state index in [-0.39, 0.29) is 6.04 Å². The number of Topliss-reactive ketones (excluding diaryl/α,β-unsaturated/α-hetero) is 1. The Morgan fingerprint density at radius 3 is 1.83 bits per heavy atom. The van der Waals surface area contributed by atoms with Crippen molar-refractivity contribution < 1.29 is 9.39 Å². The van der Waals surface area contributed by atoms with Crippen LogP contribution in [-0.4, -0.2) is 31.0 Å². The van der Waals surface area contributed by atoms with Crippen molar-refractivity contribution in [2.75, 3.05) is 20.6 Å². The lowest BCUT2D eigenvalue weighted by molar-refractivity contribution is -0.954. The second-order valence-corrected chi connectivity index (χ2v) is 9.01. The Kier molecular flexibility index (Phi) is 13.9. The van der Waals surface area contributed by atoms with Crippen LogP contribution in [0.2, 0.25) is 0 Å². The summed E-state index contributed by atoms with van der Waals surface area (Å²) in [4.78, 5) is 13.2. The monoisotopic (exact) mass is 403 g/mol. The van der Waals surface area contributed by atoms with Crippen LogP contribution in [0.25, 0.3) is 0 Å². The first kappa shape index (κ1) is 25.8. The van der Waals surface area contributed by atoms with Crippen molar-refractivity contribution in [3.05, 3.63) is 35.9 Å². The molecule has 1 aromatic carbocycles. The maximum atomic E-state index is 13.2. The van der Waals surface area contributed by atoms with Crippen molar-refractivity contribution in [3.8, 4) is 0 Å². The van der Waals surface area contributed by atoms with Gasteiger partial charge in [-0.05, 0) is 12.8 Å². The molecule has 1 atom stereocenters. The SMILES string of the molecule is CCCCCCCCCCCCCC(=O)C(c1ccccc1)[N+](C)(C)NCCC. The molecule has 3 nitrogen and oxygen atoms in total. The van der Waals surface area contributed by atoms with Gasteiger partial charge < -0.3 is 0 Å². The van der Waals surface area contributed by atoms with Gasteiger partial charge in [0, 0.05) is 18.5 Å². The van der Waals surface area contributed by atoms with Crippen LogP contribution in [0.1, 0.15) is 109 Å². The van der Waals surface area contributed by atoms with Crippen molar-refractivity contribution in [3.63, 3.8) is 0 Å². The van der Waals surface area contributed by atoms with E-state index in [0.29, 0.717) is 16.8 Å². The number of ketones is 1. The molecule has 0 heterocycles. The Labute approximate surface area is 180 Å². The van der Waals surface area contributed by atoms with E-state index < -0.39 is 0 Å². The molecule has 3 heteroatoms. The van der Waals surface area contributed by atoms with E-state index in [1.807, 2.05) is 18.2 Å². The lowest BCUT2D eigenvalue weighted by atomic mass is 9.96. The third-order valence-electron chi connectivity index (χ3n) is 5.86. The summed E-state index contributed by atoms with van der Waals surface area (Å²) in [5.74, 6) is 0.362. The van der Waals surface area contributed by atoms with Crippen LogP contribution in [0.5, 0.6) is 0 Å². The molecule has 0 aliphatic rings. The number of benzene rings is 1. The van der Waals surface area contributed by atoms with E-state index in [2.05, 4.69) is 45.5 Å². The highest BCUT2D eigenvalue weighted by atomic mass is 16.1. The fraction of sp³-hybridized carbons (Fsp3) is 0.731. The summed E-state index contributed by atoms with van der Waals surface area (Å²) in [5, 5.41) is 0. The predicted octanol–water partition coefficient (Wildman–Crippen LogP) is 6.99. The summed E-state index contributed by atoms with van der Waals surface area (Å²) in [5.41, 5.74) is 4.67. The van der Waals surface area contributed by atoms with Crippen molar-refractivity contribution in [2.45, 2.75) is 103 Å². The summed E-state index contributed by atoms with van der Waals surface area (Å²) in [7, 11) is 4.23. The van der Waals surface area contributed by atoms with Gasteiger partial charge in [-0.15, -0.1) is 0 Å². The van der Waals surface area contributed by atoms with Gasteiger partial charge in [-0.3, -0.25) is 4.79 Å². The quantitative estimate of drug-likeness (QED) is 0.163. The third-order valence-corrected chi connectivity index (χ3v) is 5.86. The Hall–Kier alpha value is -1.19. The second-order valence-electron chi connectivity index (χ2n) is 9.01. The molecule has 1 N–H and O–H groups in total. The molecule has 0 aromatic heterocycles. The van der Waals surface area contributed by atoms with Gasteiger partial charge in [0.25, 0.3) is 0 Å². The zero-order valence-corrected chi connectivity index (χ0v) is 19.7. The highest BCUT2D eigenvalue weighted by Crippen LogP contribution is 2.26. The van der Waals surface area contributed by atoms with Crippen molar-refractivity contribution in [1.29, 1.82) is 0 Å². The summed E-state index contributed by atoms with van der Waals surface area (Å²) in [6.07, 6.45) is 16.2. The highest BCUT2D eigenvalue weighted by molar-refractivity contribution is 5.84. The average molecular weight is 404 g/mol. The van der Waals surface area contributed by atoms with E-state index >= 15 is 0 Å². The Morgan fingerprint density at radius 2 is 1.31 bits per heavy atom. The van der Waals surface area contributed by atoms with Crippen molar-refractivity contribution >= 4 is 5.78 Å². The van der Waals surface area contributed by atoms with E-state index in [9.17, 15) is 4.79 Å². The molecule has 0 aliphatic heterocycles. The number of carbonyl (C=O) groups excluding carboxylic acids is 1. The normalized spacial score (nSPS) is 12.8. The molecule has 0 bridgehead atoms. The average Bonchev–Trinajstić information content (AvgIpc) is 2.71. The smallest absolute Gasteiger partial charge is 0.196 e. The van der Waals surface area contributed by atoms with Gasteiger partial charge in [0.05, 0.1) is 14.1 Å². The summed E-state index contributed by atoms with van der Waals surface area (Å²) < 4.78 is 0.523. The van der Waals surface area contributed by atoms with Gasteiger partial charge in [0.15, 0.2) is 11.8 Å². The first-order valence-corrected chi connectivity index (χ1v) is 12.2. The third kappa shape index (κ3) is 11.0. The van der Waals surface area contributed by atoms with Crippen LogP contribution in [0.15, 0.2) is 30.3 Å². The predicted molar refractivity (Wildman–Crippen MR) is 126 cm³/mol. The minimum Gasteiger partial charge on any atom is -0.293 e. The lowest BCUT2D eigenvalue weighted by Crippen LogP contribution is -2.56. The molecule has 1 unspecified atom stereocenters. The van der Waals surface area contributed by atoms with Crippen LogP contribution in [-0.2, 0) is 4.79 Å². The maximum Gasteiger partial charge on any atom is 0.196 e. The summed E-state index contributed by atoms with van der Waals surface area (Å²) in [6, 6.07) is 10.2. The molecule has 0 aliphatic carbocycles. The number of unbranched alkanes of at least 4 members (excludes halogenated alkanes) is 10. The van der Waals surface area contributed by atoms with Gasteiger partial charge in [0.1, 0.15) is 0 Å². The summed E-state index contributed by atoms with van der Waals surface area (Å²) >= 11 is 0. The van der Waals surface area contributed by atoms with Crippen LogP contribution < -0.4 is 5.43 Å². The van der Waals surface area contributed by atoms with Crippen molar-refractivity contribution in [1.82, 2.24) is 5.43 Å². The van der Waals surface area contributed by atoms with Crippen LogP contribution >= 0.6 is 0 Å². The van der Waals surface area contributed by atoms with Gasteiger partial charge in [0.2, 0.25) is 0 Å². The number of rotatable bonds is 18. The topological polar surface area (TPSA) is 29.1 Å². The highest BCUT2D eigenvalue weighted by Gasteiger charge is 2.35. The molecule has 29 heavy (non-hydrogen) atoms. The number of quaternary nitrogens is 1.